The van der Waals surface area contributed by atoms with Gasteiger partial charge in [-0.15, -0.1) is 0 Å². The Bertz CT molecular complexity index is 3020. The van der Waals surface area contributed by atoms with Gasteiger partial charge in [-0.2, -0.15) is 0 Å². The first-order valence-electron chi connectivity index (χ1n) is 19.1. The molecular formula is C53H40N2. The molecule has 2 heterocycles. The summed E-state index contributed by atoms with van der Waals surface area (Å²) in [6.45, 7) is 6.47. The van der Waals surface area contributed by atoms with Gasteiger partial charge in [-0.1, -0.05) is 138 Å². The Labute approximate surface area is 321 Å². The lowest BCUT2D eigenvalue weighted by Gasteiger charge is -2.11. The quantitative estimate of drug-likeness (QED) is 0.153. The Morgan fingerprint density at radius 1 is 0.309 bits per heavy atom. The second kappa shape index (κ2) is 13.2. The summed E-state index contributed by atoms with van der Waals surface area (Å²) in [5.74, 6) is 0. The van der Waals surface area contributed by atoms with E-state index >= 15 is 0 Å². The molecule has 0 N–H and O–H groups in total. The second-order valence-corrected chi connectivity index (χ2v) is 14.9. The van der Waals surface area contributed by atoms with Crippen LogP contribution in [0.2, 0.25) is 0 Å². The van der Waals surface area contributed by atoms with E-state index in [4.69, 9.17) is 0 Å². The summed E-state index contributed by atoms with van der Waals surface area (Å²) in [5, 5.41) is 5.14. The monoisotopic (exact) mass is 704 g/mol. The lowest BCUT2D eigenvalue weighted by molar-refractivity contribution is 1.17. The van der Waals surface area contributed by atoms with Crippen molar-refractivity contribution >= 4 is 55.8 Å². The van der Waals surface area contributed by atoms with Gasteiger partial charge in [-0.25, -0.2) is 0 Å². The molecule has 2 heteroatoms. The molecule has 262 valence electrons. The molecule has 0 amide bonds. The first-order chi connectivity index (χ1) is 27.0. The standard InChI is InChI=1S/C53H40N2/c1-35-11-26-44(27-12-35)54-50-10-5-4-9-46(50)49-34-43(25-30-53(49)54)41-23-19-39(20-24-41)16-15-38-17-21-40(22-18-38)42-7-6-8-45(33-42)55-51-28-13-36(2)31-47(51)48-32-37(3)14-29-52(48)55/h4-34H,1-3H3. The third-order valence-electron chi connectivity index (χ3n) is 11.1. The van der Waals surface area contributed by atoms with Crippen molar-refractivity contribution in [2.75, 3.05) is 0 Å². The molecular weight excluding hydrogens is 665 g/mol. The highest BCUT2D eigenvalue weighted by Gasteiger charge is 2.15. The van der Waals surface area contributed by atoms with Gasteiger partial charge in [0, 0.05) is 32.9 Å². The van der Waals surface area contributed by atoms with Crippen LogP contribution in [-0.2, 0) is 0 Å². The highest BCUT2D eigenvalue weighted by Crippen LogP contribution is 2.36. The normalized spacial score (nSPS) is 11.8. The minimum Gasteiger partial charge on any atom is -0.309 e. The minimum absolute atomic E-state index is 1.17. The van der Waals surface area contributed by atoms with Crippen LogP contribution in [0.15, 0.2) is 176 Å². The molecule has 2 aromatic heterocycles. The van der Waals surface area contributed by atoms with Crippen molar-refractivity contribution in [3.8, 4) is 33.6 Å². The lowest BCUT2D eigenvalue weighted by Crippen LogP contribution is -1.94. The molecule has 0 fully saturated rings. The molecule has 0 atom stereocenters. The molecule has 0 aliphatic carbocycles. The molecule has 55 heavy (non-hydrogen) atoms. The van der Waals surface area contributed by atoms with Gasteiger partial charge in [0.25, 0.3) is 0 Å². The Morgan fingerprint density at radius 2 is 0.782 bits per heavy atom. The van der Waals surface area contributed by atoms with Crippen LogP contribution in [0.5, 0.6) is 0 Å². The average molecular weight is 705 g/mol. The molecule has 0 saturated carbocycles. The highest BCUT2D eigenvalue weighted by molar-refractivity contribution is 6.11. The van der Waals surface area contributed by atoms with Crippen LogP contribution in [0.1, 0.15) is 27.8 Å². The maximum Gasteiger partial charge on any atom is 0.0541 e. The average Bonchev–Trinajstić information content (AvgIpc) is 3.72. The Hall–Kier alpha value is -6.90. The Balaban J connectivity index is 0.899. The third-order valence-corrected chi connectivity index (χ3v) is 11.1. The van der Waals surface area contributed by atoms with Gasteiger partial charge in [0.2, 0.25) is 0 Å². The Morgan fingerprint density at radius 3 is 1.40 bits per heavy atom. The number of hydrogen-bond donors (Lipinski definition) is 0. The van der Waals surface area contributed by atoms with Crippen LogP contribution >= 0.6 is 0 Å². The van der Waals surface area contributed by atoms with Crippen molar-refractivity contribution in [2.45, 2.75) is 20.8 Å². The maximum atomic E-state index is 2.40. The van der Waals surface area contributed by atoms with Crippen LogP contribution in [0.4, 0.5) is 0 Å². The summed E-state index contributed by atoms with van der Waals surface area (Å²) >= 11 is 0. The molecule has 2 nitrogen and oxygen atoms in total. The highest BCUT2D eigenvalue weighted by atomic mass is 15.0. The first kappa shape index (κ1) is 32.7. The number of nitrogens with zero attached hydrogens (tertiary/aromatic N) is 2. The Kier molecular flexibility index (Phi) is 7.85. The van der Waals surface area contributed by atoms with Crippen molar-refractivity contribution in [2.24, 2.45) is 0 Å². The van der Waals surface area contributed by atoms with Gasteiger partial charge >= 0.3 is 0 Å². The number of hydrogen-bond acceptors (Lipinski definition) is 0. The molecule has 0 aliphatic rings. The van der Waals surface area contributed by atoms with Crippen LogP contribution < -0.4 is 0 Å². The van der Waals surface area contributed by atoms with Gasteiger partial charge in [-0.3, -0.25) is 0 Å². The van der Waals surface area contributed by atoms with E-state index < -0.39 is 0 Å². The third kappa shape index (κ3) is 5.84. The zero-order valence-electron chi connectivity index (χ0n) is 31.3. The largest absolute Gasteiger partial charge is 0.309 e. The second-order valence-electron chi connectivity index (χ2n) is 14.9. The van der Waals surface area contributed by atoms with Crippen molar-refractivity contribution < 1.29 is 0 Å². The summed E-state index contributed by atoms with van der Waals surface area (Å²) in [6.07, 6.45) is 4.40. The zero-order valence-corrected chi connectivity index (χ0v) is 31.3. The summed E-state index contributed by atoms with van der Waals surface area (Å²) < 4.78 is 4.78. The van der Waals surface area contributed by atoms with Crippen LogP contribution in [0.25, 0.3) is 89.4 Å². The van der Waals surface area contributed by atoms with E-state index in [0.717, 1.165) is 0 Å². The summed E-state index contributed by atoms with van der Waals surface area (Å²) in [5.41, 5.74) is 18.3. The zero-order chi connectivity index (χ0) is 37.0. The van der Waals surface area contributed by atoms with Crippen molar-refractivity contribution in [1.29, 1.82) is 0 Å². The van der Waals surface area contributed by atoms with E-state index in [1.54, 1.807) is 0 Å². The molecule has 0 radical (unpaired) electrons. The predicted molar refractivity (Wildman–Crippen MR) is 236 cm³/mol. The molecule has 0 spiro atoms. The smallest absolute Gasteiger partial charge is 0.0541 e. The summed E-state index contributed by atoms with van der Waals surface area (Å²) in [7, 11) is 0. The van der Waals surface area contributed by atoms with Crippen LogP contribution in [0.3, 0.4) is 0 Å². The topological polar surface area (TPSA) is 9.86 Å². The van der Waals surface area contributed by atoms with Crippen LogP contribution in [0, 0.1) is 20.8 Å². The van der Waals surface area contributed by atoms with Crippen LogP contribution in [-0.4, -0.2) is 9.13 Å². The van der Waals surface area contributed by atoms with Gasteiger partial charge < -0.3 is 9.13 Å². The van der Waals surface area contributed by atoms with E-state index in [1.807, 2.05) is 0 Å². The fourth-order valence-electron chi connectivity index (χ4n) is 8.24. The van der Waals surface area contributed by atoms with E-state index in [2.05, 4.69) is 218 Å². The van der Waals surface area contributed by atoms with Gasteiger partial charge in [0.15, 0.2) is 0 Å². The fourth-order valence-corrected chi connectivity index (χ4v) is 8.24. The van der Waals surface area contributed by atoms with Crippen molar-refractivity contribution in [3.05, 3.63) is 204 Å². The predicted octanol–water partition coefficient (Wildman–Crippen LogP) is 14.3. The van der Waals surface area contributed by atoms with E-state index in [9.17, 15) is 0 Å². The van der Waals surface area contributed by atoms with Gasteiger partial charge in [0.05, 0.1) is 22.1 Å². The number of fused-ring (bicyclic) bond motifs is 6. The number of aromatic nitrogens is 2. The first-order valence-corrected chi connectivity index (χ1v) is 19.1. The maximum absolute atomic E-state index is 2.40. The molecule has 8 aromatic carbocycles. The number of aryl methyl sites for hydroxylation is 3. The molecule has 0 aliphatic heterocycles. The summed E-state index contributed by atoms with van der Waals surface area (Å²) in [6, 6.07) is 64.6. The lowest BCUT2D eigenvalue weighted by atomic mass is 10.0. The van der Waals surface area contributed by atoms with E-state index in [-0.39, 0.29) is 0 Å². The SMILES string of the molecule is Cc1ccc(-n2c3ccccc3c3cc(-c4ccc(C=Cc5ccc(-c6cccc(-n7c8ccc(C)cc8c8cc(C)ccc87)c6)cc5)cc4)ccc32)cc1. The number of benzene rings is 8. The summed E-state index contributed by atoms with van der Waals surface area (Å²) in [4.78, 5) is 0. The number of para-hydroxylation sites is 1. The van der Waals surface area contributed by atoms with E-state index in [0.29, 0.717) is 0 Å². The molecule has 0 bridgehead atoms. The van der Waals surface area contributed by atoms with Crippen molar-refractivity contribution in [3.63, 3.8) is 0 Å². The molecule has 0 unspecified atom stereocenters. The van der Waals surface area contributed by atoms with Crippen molar-refractivity contribution in [1.82, 2.24) is 9.13 Å². The minimum atomic E-state index is 1.17. The molecule has 10 aromatic rings. The van der Waals surface area contributed by atoms with E-state index in [1.165, 1.54) is 105 Å². The number of rotatable bonds is 6. The van der Waals surface area contributed by atoms with Gasteiger partial charge in [0.1, 0.15) is 0 Å². The van der Waals surface area contributed by atoms with Gasteiger partial charge in [-0.05, 0) is 121 Å². The molecule has 10 rings (SSSR count). The molecule has 0 saturated heterocycles. The fraction of sp³-hybridized carbons (Fsp3) is 0.0566.